The average molecular weight is 198 g/mol. The number of rotatable bonds is 5. The van der Waals surface area contributed by atoms with Gasteiger partial charge in [0, 0.05) is 0 Å². The largest absolute Gasteiger partial charge is 0.480 e. The minimum Gasteiger partial charge on any atom is -0.480 e. The molecule has 0 aromatic heterocycles. The van der Waals surface area contributed by atoms with Crippen LogP contribution in [0.3, 0.4) is 0 Å². The minimum absolute atomic E-state index is 0.216. The Hall–Kier alpha value is -1.42. The summed E-state index contributed by atoms with van der Waals surface area (Å²) in [6.07, 6.45) is 0.389. The van der Waals surface area contributed by atoms with Gasteiger partial charge in [-0.25, -0.2) is 9.18 Å². The Kier molecular flexibility index (Phi) is 4.07. The zero-order chi connectivity index (χ0) is 10.4. The monoisotopic (exact) mass is 198 g/mol. The van der Waals surface area contributed by atoms with Crippen LogP contribution in [0.2, 0.25) is 0 Å². The zero-order valence-corrected chi connectivity index (χ0v) is 7.57. The predicted octanol–water partition coefficient (Wildman–Crippen LogP) is 1.47. The first-order valence-corrected chi connectivity index (χ1v) is 4.23. The molecule has 0 aliphatic heterocycles. The van der Waals surface area contributed by atoms with Crippen LogP contribution < -0.4 is 0 Å². The van der Waals surface area contributed by atoms with Gasteiger partial charge >= 0.3 is 5.97 Å². The molecular weight excluding hydrogens is 187 g/mol. The fraction of sp³-hybridized carbons (Fsp3) is 0.300. The van der Waals surface area contributed by atoms with Crippen LogP contribution in [-0.2, 0) is 16.0 Å². The van der Waals surface area contributed by atoms with E-state index in [4.69, 9.17) is 9.84 Å². The van der Waals surface area contributed by atoms with Gasteiger partial charge in [-0.15, -0.1) is 0 Å². The Balaban J connectivity index is 2.31. The van der Waals surface area contributed by atoms with Crippen LogP contribution in [0.15, 0.2) is 24.3 Å². The number of aliphatic carboxylic acids is 1. The van der Waals surface area contributed by atoms with E-state index in [1.54, 1.807) is 18.2 Å². The van der Waals surface area contributed by atoms with Crippen LogP contribution in [0.25, 0.3) is 0 Å². The van der Waals surface area contributed by atoms with Crippen LogP contribution in [0.5, 0.6) is 0 Å². The summed E-state index contributed by atoms with van der Waals surface area (Å²) in [5, 5.41) is 8.27. The molecule has 0 fully saturated rings. The lowest BCUT2D eigenvalue weighted by atomic mass is 10.1. The molecule has 0 bridgehead atoms. The molecule has 0 unspecified atom stereocenters. The number of hydrogen-bond acceptors (Lipinski definition) is 2. The van der Waals surface area contributed by atoms with Crippen LogP contribution in [0.4, 0.5) is 4.39 Å². The van der Waals surface area contributed by atoms with Crippen molar-refractivity contribution in [3.05, 3.63) is 35.6 Å². The molecule has 1 N–H and O–H groups in total. The fourth-order valence-corrected chi connectivity index (χ4v) is 1.04. The maximum absolute atomic E-state index is 13.0. The third kappa shape index (κ3) is 3.53. The lowest BCUT2D eigenvalue weighted by molar-refractivity contribution is -0.142. The van der Waals surface area contributed by atoms with Crippen LogP contribution in [-0.4, -0.2) is 24.3 Å². The van der Waals surface area contributed by atoms with Gasteiger partial charge in [0.2, 0.25) is 0 Å². The van der Waals surface area contributed by atoms with Crippen molar-refractivity contribution in [1.29, 1.82) is 0 Å². The fourth-order valence-electron chi connectivity index (χ4n) is 1.04. The van der Waals surface area contributed by atoms with E-state index < -0.39 is 5.97 Å². The number of halogens is 1. The van der Waals surface area contributed by atoms with Crippen molar-refractivity contribution < 1.29 is 19.0 Å². The SMILES string of the molecule is O=C(O)COCCc1ccccc1F. The Morgan fingerprint density at radius 2 is 2.14 bits per heavy atom. The molecule has 14 heavy (non-hydrogen) atoms. The molecular formula is C10H11FO3. The van der Waals surface area contributed by atoms with Crippen molar-refractivity contribution in [2.24, 2.45) is 0 Å². The summed E-state index contributed by atoms with van der Waals surface area (Å²) < 4.78 is 17.8. The van der Waals surface area contributed by atoms with E-state index in [1.807, 2.05) is 0 Å². The zero-order valence-electron chi connectivity index (χ0n) is 7.57. The predicted molar refractivity (Wildman–Crippen MR) is 48.6 cm³/mol. The van der Waals surface area contributed by atoms with Crippen LogP contribution in [0.1, 0.15) is 5.56 Å². The summed E-state index contributed by atoms with van der Waals surface area (Å²) in [5.41, 5.74) is 0.540. The molecule has 1 rings (SSSR count). The van der Waals surface area contributed by atoms with Crippen LogP contribution >= 0.6 is 0 Å². The molecule has 0 aliphatic rings. The van der Waals surface area contributed by atoms with Crippen molar-refractivity contribution in [2.75, 3.05) is 13.2 Å². The van der Waals surface area contributed by atoms with Gasteiger partial charge in [-0.3, -0.25) is 0 Å². The van der Waals surface area contributed by atoms with Crippen LogP contribution in [0, 0.1) is 5.82 Å². The standard InChI is InChI=1S/C10H11FO3/c11-9-4-2-1-3-8(9)5-6-14-7-10(12)13/h1-4H,5-7H2,(H,12,13). The van der Waals surface area contributed by atoms with E-state index in [9.17, 15) is 9.18 Å². The van der Waals surface area contributed by atoms with Crippen molar-refractivity contribution in [2.45, 2.75) is 6.42 Å². The molecule has 0 aliphatic carbocycles. The second-order valence-electron chi connectivity index (χ2n) is 2.79. The van der Waals surface area contributed by atoms with Gasteiger partial charge in [-0.1, -0.05) is 18.2 Å². The second kappa shape index (κ2) is 5.34. The highest BCUT2D eigenvalue weighted by atomic mass is 19.1. The quantitative estimate of drug-likeness (QED) is 0.729. The van der Waals surface area contributed by atoms with E-state index in [1.165, 1.54) is 6.07 Å². The molecule has 0 radical (unpaired) electrons. The first-order valence-electron chi connectivity index (χ1n) is 4.23. The lowest BCUT2D eigenvalue weighted by Gasteiger charge is -2.02. The van der Waals surface area contributed by atoms with Gasteiger partial charge in [-0.05, 0) is 18.1 Å². The topological polar surface area (TPSA) is 46.5 Å². The summed E-state index contributed by atoms with van der Waals surface area (Å²) >= 11 is 0. The minimum atomic E-state index is -1.02. The molecule has 0 saturated carbocycles. The van der Waals surface area contributed by atoms with Gasteiger partial charge in [-0.2, -0.15) is 0 Å². The number of benzene rings is 1. The summed E-state index contributed by atoms with van der Waals surface area (Å²) in [7, 11) is 0. The second-order valence-corrected chi connectivity index (χ2v) is 2.79. The summed E-state index contributed by atoms with van der Waals surface area (Å²) in [6.45, 7) is -0.123. The molecule has 4 heteroatoms. The first-order chi connectivity index (χ1) is 6.70. The Bertz CT molecular complexity index is 312. The molecule has 76 valence electrons. The van der Waals surface area contributed by atoms with Crippen molar-refractivity contribution in [3.63, 3.8) is 0 Å². The van der Waals surface area contributed by atoms with Gasteiger partial charge in [0.15, 0.2) is 0 Å². The molecule has 3 nitrogen and oxygen atoms in total. The highest BCUT2D eigenvalue weighted by Crippen LogP contribution is 2.06. The summed E-state index contributed by atoms with van der Waals surface area (Å²) in [4.78, 5) is 10.1. The number of carboxylic acids is 1. The normalized spacial score (nSPS) is 10.1. The van der Waals surface area contributed by atoms with E-state index in [-0.39, 0.29) is 19.0 Å². The smallest absolute Gasteiger partial charge is 0.329 e. The molecule has 0 atom stereocenters. The number of carboxylic acid groups (broad SMARTS) is 1. The third-order valence-electron chi connectivity index (χ3n) is 1.70. The molecule has 1 aromatic carbocycles. The van der Waals surface area contributed by atoms with Gasteiger partial charge in [0.1, 0.15) is 12.4 Å². The molecule has 0 saturated heterocycles. The third-order valence-corrected chi connectivity index (χ3v) is 1.70. The van der Waals surface area contributed by atoms with E-state index in [0.717, 1.165) is 0 Å². The molecule has 0 spiro atoms. The number of ether oxygens (including phenoxy) is 1. The summed E-state index contributed by atoms with van der Waals surface area (Å²) in [6, 6.07) is 6.36. The van der Waals surface area contributed by atoms with Gasteiger partial charge < -0.3 is 9.84 Å². The maximum atomic E-state index is 13.0. The highest BCUT2D eigenvalue weighted by molar-refractivity contribution is 5.67. The van der Waals surface area contributed by atoms with E-state index >= 15 is 0 Å². The molecule has 1 aromatic rings. The van der Waals surface area contributed by atoms with Gasteiger partial charge in [0.05, 0.1) is 6.61 Å². The van der Waals surface area contributed by atoms with Gasteiger partial charge in [0.25, 0.3) is 0 Å². The summed E-state index contributed by atoms with van der Waals surface area (Å²) in [5.74, 6) is -1.30. The highest BCUT2D eigenvalue weighted by Gasteiger charge is 2.01. The number of carbonyl (C=O) groups is 1. The van der Waals surface area contributed by atoms with Crippen molar-refractivity contribution in [3.8, 4) is 0 Å². The maximum Gasteiger partial charge on any atom is 0.329 e. The Labute approximate surface area is 81.1 Å². The number of hydrogen-bond donors (Lipinski definition) is 1. The average Bonchev–Trinajstić information content (AvgIpc) is 2.15. The molecule has 0 amide bonds. The van der Waals surface area contributed by atoms with Crippen molar-refractivity contribution >= 4 is 5.97 Å². The Morgan fingerprint density at radius 1 is 1.43 bits per heavy atom. The van der Waals surface area contributed by atoms with Crippen molar-refractivity contribution in [1.82, 2.24) is 0 Å². The lowest BCUT2D eigenvalue weighted by Crippen LogP contribution is -2.09. The molecule has 0 heterocycles. The van der Waals surface area contributed by atoms with E-state index in [0.29, 0.717) is 12.0 Å². The van der Waals surface area contributed by atoms with E-state index in [2.05, 4.69) is 0 Å². The first kappa shape index (κ1) is 10.7. The Morgan fingerprint density at radius 3 is 2.79 bits per heavy atom.